The Labute approximate surface area is 139 Å². The van der Waals surface area contributed by atoms with Crippen LogP contribution in [0, 0.1) is 3.57 Å². The quantitative estimate of drug-likeness (QED) is 0.694. The number of carbonyl (C=O) groups is 1. The first-order chi connectivity index (χ1) is 9.47. The lowest BCUT2D eigenvalue weighted by Crippen LogP contribution is -2.26. The van der Waals surface area contributed by atoms with E-state index in [9.17, 15) is 9.90 Å². The number of halogens is 2. The first-order valence-electron chi connectivity index (χ1n) is 6.02. The van der Waals surface area contributed by atoms with Crippen molar-refractivity contribution in [2.75, 3.05) is 0 Å². The molecular weight excluding hydrogens is 433 g/mol. The van der Waals surface area contributed by atoms with Crippen molar-refractivity contribution in [1.29, 1.82) is 0 Å². The Morgan fingerprint density at radius 2 is 1.90 bits per heavy atom. The number of phenols is 1. The van der Waals surface area contributed by atoms with Crippen LogP contribution in [-0.4, -0.2) is 11.0 Å². The average Bonchev–Trinajstić information content (AvgIpc) is 2.42. The second-order valence-corrected chi connectivity index (χ2v) is 6.57. The molecule has 2 aromatic rings. The third-order valence-electron chi connectivity index (χ3n) is 2.92. The Morgan fingerprint density at radius 1 is 1.25 bits per heavy atom. The van der Waals surface area contributed by atoms with Gasteiger partial charge in [-0.2, -0.15) is 0 Å². The molecule has 0 radical (unpaired) electrons. The largest absolute Gasteiger partial charge is 0.507 e. The summed E-state index contributed by atoms with van der Waals surface area (Å²) in [7, 11) is 0. The topological polar surface area (TPSA) is 49.3 Å². The number of hydrogen-bond acceptors (Lipinski definition) is 2. The molecule has 1 atom stereocenters. The van der Waals surface area contributed by atoms with Gasteiger partial charge in [-0.25, -0.2) is 0 Å². The Bertz CT molecular complexity index is 628. The van der Waals surface area contributed by atoms with Gasteiger partial charge in [0.25, 0.3) is 5.91 Å². The van der Waals surface area contributed by atoms with Crippen molar-refractivity contribution in [2.45, 2.75) is 13.0 Å². The lowest BCUT2D eigenvalue weighted by molar-refractivity contribution is 0.0937. The fraction of sp³-hybridized carbons (Fsp3) is 0.133. The number of phenolic OH excluding ortho intramolecular Hbond substituents is 1. The number of hydrogen-bond donors (Lipinski definition) is 2. The average molecular weight is 446 g/mol. The summed E-state index contributed by atoms with van der Waals surface area (Å²) in [6.07, 6.45) is 0. The highest BCUT2D eigenvalue weighted by Crippen LogP contribution is 2.21. The van der Waals surface area contributed by atoms with E-state index in [1.807, 2.05) is 31.2 Å². The van der Waals surface area contributed by atoms with Crippen LogP contribution in [0.4, 0.5) is 0 Å². The van der Waals surface area contributed by atoms with Gasteiger partial charge in [0.05, 0.1) is 11.6 Å². The monoisotopic (exact) mass is 445 g/mol. The summed E-state index contributed by atoms with van der Waals surface area (Å²) in [5.41, 5.74) is 1.30. The van der Waals surface area contributed by atoms with Crippen LogP contribution in [0.25, 0.3) is 0 Å². The fourth-order valence-electron chi connectivity index (χ4n) is 1.80. The molecule has 0 fully saturated rings. The first kappa shape index (κ1) is 15.3. The van der Waals surface area contributed by atoms with E-state index in [-0.39, 0.29) is 17.7 Å². The van der Waals surface area contributed by atoms with E-state index in [0.29, 0.717) is 5.56 Å². The molecule has 1 unspecified atom stereocenters. The van der Waals surface area contributed by atoms with Gasteiger partial charge < -0.3 is 10.4 Å². The van der Waals surface area contributed by atoms with Crippen LogP contribution in [0.2, 0.25) is 0 Å². The Hall–Kier alpha value is -1.08. The van der Waals surface area contributed by atoms with E-state index in [4.69, 9.17) is 0 Å². The third-order valence-corrected chi connectivity index (χ3v) is 4.12. The number of rotatable bonds is 3. The molecule has 0 aliphatic rings. The van der Waals surface area contributed by atoms with Crippen molar-refractivity contribution in [3.05, 3.63) is 61.6 Å². The molecule has 2 rings (SSSR count). The molecule has 0 aromatic heterocycles. The van der Waals surface area contributed by atoms with E-state index >= 15 is 0 Å². The lowest BCUT2D eigenvalue weighted by Gasteiger charge is -2.15. The minimum absolute atomic E-state index is 0.00841. The highest BCUT2D eigenvalue weighted by atomic mass is 127. The summed E-state index contributed by atoms with van der Waals surface area (Å²) < 4.78 is 1.90. The van der Waals surface area contributed by atoms with Crippen LogP contribution in [0.1, 0.15) is 28.9 Å². The molecule has 2 aromatic carbocycles. The SMILES string of the molecule is CC(NC(=O)c1cc(I)ccc1O)c1ccc(Br)cc1. The van der Waals surface area contributed by atoms with Gasteiger partial charge in [0, 0.05) is 8.04 Å². The minimum atomic E-state index is -0.281. The van der Waals surface area contributed by atoms with Crippen LogP contribution in [-0.2, 0) is 0 Å². The van der Waals surface area contributed by atoms with Crippen LogP contribution < -0.4 is 5.32 Å². The van der Waals surface area contributed by atoms with Gasteiger partial charge in [-0.1, -0.05) is 28.1 Å². The van der Waals surface area contributed by atoms with Gasteiger partial charge in [0.2, 0.25) is 0 Å². The predicted molar refractivity (Wildman–Crippen MR) is 90.8 cm³/mol. The van der Waals surface area contributed by atoms with E-state index in [2.05, 4.69) is 43.8 Å². The zero-order chi connectivity index (χ0) is 14.7. The maximum absolute atomic E-state index is 12.2. The normalized spacial score (nSPS) is 11.9. The number of aromatic hydroxyl groups is 1. The molecule has 104 valence electrons. The summed E-state index contributed by atoms with van der Waals surface area (Å²) in [4.78, 5) is 12.2. The zero-order valence-corrected chi connectivity index (χ0v) is 14.5. The van der Waals surface area contributed by atoms with Crippen molar-refractivity contribution < 1.29 is 9.90 Å². The molecule has 0 bridgehead atoms. The van der Waals surface area contributed by atoms with Gasteiger partial charge >= 0.3 is 0 Å². The minimum Gasteiger partial charge on any atom is -0.507 e. The molecule has 0 heterocycles. The molecule has 2 N–H and O–H groups in total. The summed E-state index contributed by atoms with van der Waals surface area (Å²) in [6, 6.07) is 12.6. The highest BCUT2D eigenvalue weighted by Gasteiger charge is 2.15. The van der Waals surface area contributed by atoms with Crippen molar-refractivity contribution >= 4 is 44.4 Å². The maximum atomic E-state index is 12.2. The van der Waals surface area contributed by atoms with E-state index < -0.39 is 0 Å². The third kappa shape index (κ3) is 3.73. The van der Waals surface area contributed by atoms with Crippen LogP contribution in [0.15, 0.2) is 46.9 Å². The summed E-state index contributed by atoms with van der Waals surface area (Å²) in [5, 5.41) is 12.6. The van der Waals surface area contributed by atoms with E-state index in [0.717, 1.165) is 13.6 Å². The molecule has 3 nitrogen and oxygen atoms in total. The van der Waals surface area contributed by atoms with Crippen molar-refractivity contribution in [3.8, 4) is 5.75 Å². The van der Waals surface area contributed by atoms with Gasteiger partial charge in [0.15, 0.2) is 0 Å². The molecule has 5 heteroatoms. The van der Waals surface area contributed by atoms with Crippen molar-refractivity contribution in [1.82, 2.24) is 5.32 Å². The van der Waals surface area contributed by atoms with Crippen molar-refractivity contribution in [2.24, 2.45) is 0 Å². The number of amides is 1. The van der Waals surface area contributed by atoms with Crippen molar-refractivity contribution in [3.63, 3.8) is 0 Å². The lowest BCUT2D eigenvalue weighted by atomic mass is 10.1. The molecule has 20 heavy (non-hydrogen) atoms. The molecule has 1 amide bonds. The highest BCUT2D eigenvalue weighted by molar-refractivity contribution is 14.1. The maximum Gasteiger partial charge on any atom is 0.255 e. The summed E-state index contributed by atoms with van der Waals surface area (Å²) >= 11 is 5.49. The van der Waals surface area contributed by atoms with Crippen LogP contribution >= 0.6 is 38.5 Å². The standard InChI is InChI=1S/C15H13BrINO2/c1-9(10-2-4-11(16)5-3-10)18-15(20)13-8-12(17)6-7-14(13)19/h2-9,19H,1H3,(H,18,20). The molecule has 0 saturated carbocycles. The van der Waals surface area contributed by atoms with E-state index in [1.165, 1.54) is 6.07 Å². The van der Waals surface area contributed by atoms with Crippen LogP contribution in [0.5, 0.6) is 5.75 Å². The van der Waals surface area contributed by atoms with Gasteiger partial charge in [-0.15, -0.1) is 0 Å². The summed E-state index contributed by atoms with van der Waals surface area (Å²) in [6.45, 7) is 1.91. The molecule has 0 spiro atoms. The van der Waals surface area contributed by atoms with Gasteiger partial charge in [-0.05, 0) is 65.4 Å². The van der Waals surface area contributed by atoms with E-state index in [1.54, 1.807) is 12.1 Å². The Balaban J connectivity index is 2.15. The predicted octanol–water partition coefficient (Wildman–Crippen LogP) is 4.25. The van der Waals surface area contributed by atoms with Crippen LogP contribution in [0.3, 0.4) is 0 Å². The smallest absolute Gasteiger partial charge is 0.255 e. The second kappa shape index (κ2) is 6.58. The number of benzene rings is 2. The van der Waals surface area contributed by atoms with Gasteiger partial charge in [-0.3, -0.25) is 4.79 Å². The fourth-order valence-corrected chi connectivity index (χ4v) is 2.55. The zero-order valence-electron chi connectivity index (χ0n) is 10.7. The van der Waals surface area contributed by atoms with Gasteiger partial charge in [0.1, 0.15) is 5.75 Å². The molecule has 0 aliphatic heterocycles. The number of carbonyl (C=O) groups excluding carboxylic acids is 1. The first-order valence-corrected chi connectivity index (χ1v) is 7.89. The summed E-state index contributed by atoms with van der Waals surface area (Å²) in [5.74, 6) is -0.289. The Morgan fingerprint density at radius 3 is 2.55 bits per heavy atom. The second-order valence-electron chi connectivity index (χ2n) is 4.41. The Kier molecular flexibility index (Phi) is 5.04. The molecular formula is C15H13BrINO2. The molecule has 0 saturated heterocycles. The molecule has 0 aliphatic carbocycles. The number of nitrogens with one attached hydrogen (secondary N) is 1.